The van der Waals surface area contributed by atoms with Crippen molar-refractivity contribution in [3.63, 3.8) is 0 Å². The molecule has 1 N–H and O–H groups in total. The number of hydrogen-bond acceptors (Lipinski definition) is 3. The molecule has 0 rings (SSSR count). The van der Waals surface area contributed by atoms with E-state index >= 15 is 0 Å². The topological polar surface area (TPSA) is 55.4 Å². The quantitative estimate of drug-likeness (QED) is 0.498. The first kappa shape index (κ1) is 12.9. The Labute approximate surface area is 85.0 Å². The van der Waals surface area contributed by atoms with E-state index in [0.29, 0.717) is 6.42 Å². The fraction of sp³-hybridized carbons (Fsp3) is 0.800. The molecule has 0 heterocycles. The molecule has 0 saturated heterocycles. The number of unbranched alkanes of at least 4 members (excludes halogenated alkanes) is 3. The number of methoxy groups -OCH3 is 1. The van der Waals surface area contributed by atoms with Crippen LogP contribution in [0.15, 0.2) is 0 Å². The van der Waals surface area contributed by atoms with E-state index in [1.165, 1.54) is 7.11 Å². The molecule has 0 aromatic heterocycles. The lowest BCUT2D eigenvalue weighted by atomic mass is 10.1. The van der Waals surface area contributed by atoms with Crippen LogP contribution in [-0.2, 0) is 14.3 Å². The molecular formula is C10H19NO3. The predicted octanol–water partition coefficient (Wildman–Crippen LogP) is 1.25. The summed E-state index contributed by atoms with van der Waals surface area (Å²) in [6.45, 7) is 2.10. The maximum atomic E-state index is 11.1. The zero-order chi connectivity index (χ0) is 10.8. The minimum Gasteiger partial charge on any atom is -0.468 e. The molecule has 82 valence electrons. The number of nitrogens with one attached hydrogen (secondary N) is 1. The summed E-state index contributed by atoms with van der Waals surface area (Å²) in [6.07, 6.45) is 4.77. The van der Waals surface area contributed by atoms with Crippen LogP contribution in [0.3, 0.4) is 0 Å². The van der Waals surface area contributed by atoms with Crippen molar-refractivity contribution in [3.05, 3.63) is 0 Å². The normalized spacial score (nSPS) is 9.57. The first-order chi connectivity index (χ1) is 6.70. The van der Waals surface area contributed by atoms with Crippen LogP contribution in [-0.4, -0.2) is 25.5 Å². The van der Waals surface area contributed by atoms with Crippen molar-refractivity contribution in [1.82, 2.24) is 5.32 Å². The highest BCUT2D eigenvalue weighted by atomic mass is 16.5. The van der Waals surface area contributed by atoms with Gasteiger partial charge < -0.3 is 10.1 Å². The van der Waals surface area contributed by atoms with Gasteiger partial charge in [0.25, 0.3) is 0 Å². The summed E-state index contributed by atoms with van der Waals surface area (Å²) in [5, 5.41) is 2.50. The summed E-state index contributed by atoms with van der Waals surface area (Å²) < 4.78 is 4.39. The molecule has 0 saturated carbocycles. The summed E-state index contributed by atoms with van der Waals surface area (Å²) in [5.41, 5.74) is 0. The van der Waals surface area contributed by atoms with Crippen LogP contribution in [0.2, 0.25) is 0 Å². The molecule has 0 spiro atoms. The molecule has 1 amide bonds. The lowest BCUT2D eigenvalue weighted by Gasteiger charge is -2.03. The van der Waals surface area contributed by atoms with E-state index in [9.17, 15) is 9.59 Å². The van der Waals surface area contributed by atoms with Crippen molar-refractivity contribution in [1.29, 1.82) is 0 Å². The van der Waals surface area contributed by atoms with Crippen LogP contribution < -0.4 is 5.32 Å². The average molecular weight is 201 g/mol. The molecule has 0 aromatic rings. The van der Waals surface area contributed by atoms with Gasteiger partial charge in [-0.1, -0.05) is 26.2 Å². The van der Waals surface area contributed by atoms with Gasteiger partial charge >= 0.3 is 5.97 Å². The summed E-state index contributed by atoms with van der Waals surface area (Å²) in [7, 11) is 1.30. The number of amides is 1. The molecule has 0 aliphatic carbocycles. The zero-order valence-electron chi connectivity index (χ0n) is 8.97. The Morgan fingerprint density at radius 2 is 1.93 bits per heavy atom. The summed E-state index contributed by atoms with van der Waals surface area (Å²) in [6, 6.07) is 0. The maximum absolute atomic E-state index is 11.1. The van der Waals surface area contributed by atoms with Crippen molar-refractivity contribution in [2.75, 3.05) is 13.7 Å². The van der Waals surface area contributed by atoms with Gasteiger partial charge in [-0.2, -0.15) is 0 Å². The number of carbonyl (C=O) groups is 2. The standard InChI is InChI=1S/C10H19NO3/c1-3-4-5-6-7-9(12)11-8-10(13)14-2/h3-8H2,1-2H3,(H,11,12). The van der Waals surface area contributed by atoms with Gasteiger partial charge in [-0.05, 0) is 6.42 Å². The lowest BCUT2D eigenvalue weighted by molar-refractivity contribution is -0.141. The van der Waals surface area contributed by atoms with Gasteiger partial charge in [-0.15, -0.1) is 0 Å². The number of rotatable bonds is 7. The Morgan fingerprint density at radius 1 is 1.21 bits per heavy atom. The van der Waals surface area contributed by atoms with E-state index in [-0.39, 0.29) is 12.5 Å². The lowest BCUT2D eigenvalue weighted by Crippen LogP contribution is -2.29. The zero-order valence-corrected chi connectivity index (χ0v) is 8.97. The smallest absolute Gasteiger partial charge is 0.325 e. The van der Waals surface area contributed by atoms with Crippen molar-refractivity contribution < 1.29 is 14.3 Å². The number of ether oxygens (including phenoxy) is 1. The largest absolute Gasteiger partial charge is 0.468 e. The second kappa shape index (κ2) is 8.53. The number of hydrogen-bond donors (Lipinski definition) is 1. The first-order valence-corrected chi connectivity index (χ1v) is 5.04. The number of carbonyl (C=O) groups excluding carboxylic acids is 2. The SMILES string of the molecule is CCCCCCC(=O)NCC(=O)OC. The van der Waals surface area contributed by atoms with Crippen molar-refractivity contribution in [3.8, 4) is 0 Å². The second-order valence-corrected chi connectivity index (χ2v) is 3.16. The molecule has 0 aliphatic heterocycles. The highest BCUT2D eigenvalue weighted by molar-refractivity contribution is 5.81. The molecule has 14 heavy (non-hydrogen) atoms. The van der Waals surface area contributed by atoms with Gasteiger partial charge in [0.05, 0.1) is 7.11 Å². The number of esters is 1. The minimum atomic E-state index is -0.410. The van der Waals surface area contributed by atoms with E-state index in [2.05, 4.69) is 17.0 Å². The fourth-order valence-corrected chi connectivity index (χ4v) is 1.04. The van der Waals surface area contributed by atoms with Gasteiger partial charge in [-0.25, -0.2) is 0 Å². The third kappa shape index (κ3) is 7.58. The third-order valence-corrected chi connectivity index (χ3v) is 1.91. The predicted molar refractivity (Wildman–Crippen MR) is 53.8 cm³/mol. The van der Waals surface area contributed by atoms with Crippen molar-refractivity contribution >= 4 is 11.9 Å². The summed E-state index contributed by atoms with van der Waals surface area (Å²) in [4.78, 5) is 21.8. The molecule has 0 aliphatic rings. The fourth-order valence-electron chi connectivity index (χ4n) is 1.04. The Bertz CT molecular complexity index is 180. The first-order valence-electron chi connectivity index (χ1n) is 5.04. The minimum absolute atomic E-state index is 0.0247. The average Bonchev–Trinajstić information content (AvgIpc) is 2.21. The van der Waals surface area contributed by atoms with E-state index in [1.807, 2.05) is 0 Å². The highest BCUT2D eigenvalue weighted by Crippen LogP contribution is 2.01. The monoisotopic (exact) mass is 201 g/mol. The summed E-state index contributed by atoms with van der Waals surface area (Å²) >= 11 is 0. The van der Waals surface area contributed by atoms with Crippen LogP contribution in [0.5, 0.6) is 0 Å². The van der Waals surface area contributed by atoms with Crippen LogP contribution in [0.1, 0.15) is 39.0 Å². The van der Waals surface area contributed by atoms with E-state index < -0.39 is 5.97 Å². The van der Waals surface area contributed by atoms with Gasteiger partial charge in [0, 0.05) is 6.42 Å². The van der Waals surface area contributed by atoms with Gasteiger partial charge in [0.2, 0.25) is 5.91 Å². The van der Waals surface area contributed by atoms with Gasteiger partial charge in [0.1, 0.15) is 6.54 Å². The molecule has 0 bridgehead atoms. The van der Waals surface area contributed by atoms with Crippen LogP contribution in [0.25, 0.3) is 0 Å². The Kier molecular flexibility index (Phi) is 7.89. The Balaban J connectivity index is 3.32. The molecule has 0 atom stereocenters. The molecule has 4 heteroatoms. The third-order valence-electron chi connectivity index (χ3n) is 1.91. The Hall–Kier alpha value is -1.06. The molecular weight excluding hydrogens is 182 g/mol. The van der Waals surface area contributed by atoms with Crippen molar-refractivity contribution in [2.24, 2.45) is 0 Å². The van der Waals surface area contributed by atoms with Gasteiger partial charge in [0.15, 0.2) is 0 Å². The molecule has 0 aromatic carbocycles. The van der Waals surface area contributed by atoms with Crippen LogP contribution in [0.4, 0.5) is 0 Å². The molecule has 4 nitrogen and oxygen atoms in total. The second-order valence-electron chi connectivity index (χ2n) is 3.16. The molecule has 0 unspecified atom stereocenters. The highest BCUT2D eigenvalue weighted by Gasteiger charge is 2.04. The molecule has 0 radical (unpaired) electrons. The van der Waals surface area contributed by atoms with Gasteiger partial charge in [-0.3, -0.25) is 9.59 Å². The van der Waals surface area contributed by atoms with E-state index in [0.717, 1.165) is 25.7 Å². The van der Waals surface area contributed by atoms with E-state index in [1.54, 1.807) is 0 Å². The Morgan fingerprint density at radius 3 is 2.50 bits per heavy atom. The molecule has 0 fully saturated rings. The maximum Gasteiger partial charge on any atom is 0.325 e. The van der Waals surface area contributed by atoms with Crippen molar-refractivity contribution in [2.45, 2.75) is 39.0 Å². The van der Waals surface area contributed by atoms with Crippen LogP contribution in [0, 0.1) is 0 Å². The summed E-state index contributed by atoms with van der Waals surface area (Å²) in [5.74, 6) is -0.488. The van der Waals surface area contributed by atoms with E-state index in [4.69, 9.17) is 0 Å². The van der Waals surface area contributed by atoms with Crippen LogP contribution >= 0.6 is 0 Å².